The van der Waals surface area contributed by atoms with Crippen molar-refractivity contribution in [2.75, 3.05) is 38.2 Å². The molecule has 0 N–H and O–H groups in total. The molecule has 226 valence electrons. The van der Waals surface area contributed by atoms with Gasteiger partial charge in [-0.15, -0.1) is 0 Å². The van der Waals surface area contributed by atoms with Gasteiger partial charge in [0.15, 0.2) is 5.41 Å². The molecule has 0 saturated carbocycles. The summed E-state index contributed by atoms with van der Waals surface area (Å²) in [6.07, 6.45) is 3.36. The second-order valence-corrected chi connectivity index (χ2v) is 12.0. The number of carbonyl (C=O) groups excluding carboxylic acids is 1. The molecule has 1 unspecified atom stereocenters. The van der Waals surface area contributed by atoms with Crippen LogP contribution in [0.25, 0.3) is 10.8 Å². The van der Waals surface area contributed by atoms with E-state index >= 15 is 4.79 Å². The van der Waals surface area contributed by atoms with E-state index in [-0.39, 0.29) is 12.3 Å². The zero-order chi connectivity index (χ0) is 31.4. The lowest BCUT2D eigenvalue weighted by Crippen LogP contribution is -2.55. The molecule has 1 aromatic heterocycles. The number of nitriles is 1. The molecule has 2 heterocycles. The Bertz CT molecular complexity index is 1840. The van der Waals surface area contributed by atoms with E-state index < -0.39 is 11.3 Å². The van der Waals surface area contributed by atoms with Crippen molar-refractivity contribution in [3.8, 4) is 11.8 Å². The van der Waals surface area contributed by atoms with Gasteiger partial charge in [-0.25, -0.2) is 0 Å². The fourth-order valence-corrected chi connectivity index (χ4v) is 7.20. The average molecular weight is 636 g/mol. The first-order valence-corrected chi connectivity index (χ1v) is 15.6. The molecular formula is C37H32Cl2N4O2. The number of aromatic nitrogens is 1. The number of para-hydroxylation sites is 1. The predicted octanol–water partition coefficient (Wildman–Crippen LogP) is 7.78. The number of ether oxygens (including phenoxy) is 1. The minimum atomic E-state index is -1.51. The van der Waals surface area contributed by atoms with Gasteiger partial charge in [-0.2, -0.15) is 5.26 Å². The van der Waals surface area contributed by atoms with Gasteiger partial charge >= 0.3 is 0 Å². The van der Waals surface area contributed by atoms with Crippen LogP contribution in [0.15, 0.2) is 109 Å². The molecule has 6 nitrogen and oxygen atoms in total. The Morgan fingerprint density at radius 1 is 0.867 bits per heavy atom. The molecule has 0 spiro atoms. The van der Waals surface area contributed by atoms with Gasteiger partial charge in [0.25, 0.3) is 0 Å². The monoisotopic (exact) mass is 634 g/mol. The third kappa shape index (κ3) is 5.82. The lowest BCUT2D eigenvalue weighted by molar-refractivity contribution is -0.140. The number of piperazine rings is 1. The first-order chi connectivity index (χ1) is 22.0. The molecule has 45 heavy (non-hydrogen) atoms. The van der Waals surface area contributed by atoms with Gasteiger partial charge in [-0.1, -0.05) is 114 Å². The van der Waals surface area contributed by atoms with Gasteiger partial charge in [0.2, 0.25) is 5.91 Å². The fraction of sp³-hybridized carbons (Fsp3) is 0.216. The molecule has 0 radical (unpaired) electrons. The highest BCUT2D eigenvalue weighted by atomic mass is 35.5. The highest BCUT2D eigenvalue weighted by Crippen LogP contribution is 2.49. The number of halogens is 2. The van der Waals surface area contributed by atoms with Crippen LogP contribution in [0.1, 0.15) is 22.6 Å². The zero-order valence-corrected chi connectivity index (χ0v) is 26.4. The molecule has 0 bridgehead atoms. The smallest absolute Gasteiger partial charge is 0.244 e. The number of fused-ring (bicyclic) bond motifs is 1. The zero-order valence-electron chi connectivity index (χ0n) is 24.9. The Hall–Kier alpha value is -4.57. The van der Waals surface area contributed by atoms with E-state index in [1.807, 2.05) is 83.8 Å². The number of carbonyl (C=O) groups is 1. The SMILES string of the molecule is COc1ccccc1C(c1cccc2ccccc12)[C@](C#N)(Cc1ccccc1)C(=O)N1CCN(c2c(Cl)cncc2Cl)CC1. The molecule has 1 fully saturated rings. The molecular weight excluding hydrogens is 603 g/mol. The molecule has 8 heteroatoms. The van der Waals surface area contributed by atoms with E-state index in [4.69, 9.17) is 27.9 Å². The normalized spacial score (nSPS) is 15.2. The van der Waals surface area contributed by atoms with E-state index in [0.717, 1.165) is 27.5 Å². The van der Waals surface area contributed by atoms with Crippen molar-refractivity contribution in [3.63, 3.8) is 0 Å². The Morgan fingerprint density at radius 3 is 2.20 bits per heavy atom. The third-order valence-corrected chi connectivity index (χ3v) is 9.25. The largest absolute Gasteiger partial charge is 0.496 e. The van der Waals surface area contributed by atoms with E-state index in [1.165, 1.54) is 0 Å². The molecule has 2 atom stereocenters. The van der Waals surface area contributed by atoms with Gasteiger partial charge in [0, 0.05) is 56.5 Å². The Balaban J connectivity index is 1.50. The van der Waals surface area contributed by atoms with Crippen molar-refractivity contribution in [2.45, 2.75) is 12.3 Å². The molecule has 0 aliphatic carbocycles. The van der Waals surface area contributed by atoms with Crippen LogP contribution in [0.2, 0.25) is 10.0 Å². The molecule has 6 rings (SSSR count). The lowest BCUT2D eigenvalue weighted by Gasteiger charge is -2.43. The van der Waals surface area contributed by atoms with Gasteiger partial charge < -0.3 is 14.5 Å². The number of benzene rings is 4. The number of rotatable bonds is 8. The van der Waals surface area contributed by atoms with Gasteiger partial charge in [-0.3, -0.25) is 9.78 Å². The van der Waals surface area contributed by atoms with Crippen LogP contribution < -0.4 is 9.64 Å². The summed E-state index contributed by atoms with van der Waals surface area (Å²) in [4.78, 5) is 23.1. The molecule has 1 aliphatic rings. The minimum absolute atomic E-state index is 0.218. The minimum Gasteiger partial charge on any atom is -0.496 e. The first kappa shape index (κ1) is 30.5. The van der Waals surface area contributed by atoms with Crippen LogP contribution in [0, 0.1) is 16.7 Å². The van der Waals surface area contributed by atoms with Crippen molar-refractivity contribution in [1.29, 1.82) is 5.26 Å². The van der Waals surface area contributed by atoms with Gasteiger partial charge in [-0.05, 0) is 28.0 Å². The predicted molar refractivity (Wildman–Crippen MR) is 180 cm³/mol. The van der Waals surface area contributed by atoms with E-state index in [0.29, 0.717) is 47.7 Å². The topological polar surface area (TPSA) is 69.5 Å². The van der Waals surface area contributed by atoms with Crippen LogP contribution in [0.5, 0.6) is 5.75 Å². The number of methoxy groups -OCH3 is 1. The van der Waals surface area contributed by atoms with Crippen LogP contribution >= 0.6 is 23.2 Å². The van der Waals surface area contributed by atoms with Gasteiger partial charge in [0.05, 0.1) is 28.9 Å². The number of nitrogens with zero attached hydrogens (tertiary/aromatic N) is 4. The molecule has 1 saturated heterocycles. The van der Waals surface area contributed by atoms with Crippen molar-refractivity contribution in [2.24, 2.45) is 5.41 Å². The van der Waals surface area contributed by atoms with Gasteiger partial charge in [0.1, 0.15) is 5.75 Å². The standard InChI is InChI=1S/C37H32Cl2N4O2/c1-45-33-17-8-7-15-30(33)34(29-16-9-13-27-12-5-6-14-28(27)29)37(25-40,22-26-10-3-2-4-11-26)36(44)43-20-18-42(19-21-43)35-31(38)23-41-24-32(35)39/h2-17,23-24,34H,18-22H2,1H3/t34?,37-/m1/s1. The third-order valence-electron chi connectivity index (χ3n) is 8.70. The fourth-order valence-electron chi connectivity index (χ4n) is 6.60. The number of hydrogen-bond acceptors (Lipinski definition) is 5. The second-order valence-electron chi connectivity index (χ2n) is 11.2. The van der Waals surface area contributed by atoms with E-state index in [2.05, 4.69) is 34.2 Å². The highest BCUT2D eigenvalue weighted by molar-refractivity contribution is 6.38. The molecule has 5 aromatic rings. The second kappa shape index (κ2) is 13.2. The Labute approximate surface area is 273 Å². The number of amides is 1. The van der Waals surface area contributed by atoms with Crippen LogP contribution in [-0.2, 0) is 11.2 Å². The Morgan fingerprint density at radius 2 is 1.49 bits per heavy atom. The number of hydrogen-bond donors (Lipinski definition) is 0. The first-order valence-electron chi connectivity index (χ1n) is 14.9. The summed E-state index contributed by atoms with van der Waals surface area (Å²) in [7, 11) is 1.63. The van der Waals surface area contributed by atoms with Crippen LogP contribution in [0.4, 0.5) is 5.69 Å². The molecule has 1 aliphatic heterocycles. The maximum Gasteiger partial charge on any atom is 0.244 e. The van der Waals surface area contributed by atoms with Crippen molar-refractivity contribution < 1.29 is 9.53 Å². The molecule has 1 amide bonds. The van der Waals surface area contributed by atoms with Crippen molar-refractivity contribution >= 4 is 45.6 Å². The summed E-state index contributed by atoms with van der Waals surface area (Å²) in [5, 5.41) is 14.3. The van der Waals surface area contributed by atoms with Crippen LogP contribution in [0.3, 0.4) is 0 Å². The van der Waals surface area contributed by atoms with Crippen molar-refractivity contribution in [3.05, 3.63) is 136 Å². The quantitative estimate of drug-likeness (QED) is 0.174. The number of anilines is 1. The summed E-state index contributed by atoms with van der Waals surface area (Å²) in [6.45, 7) is 1.83. The summed E-state index contributed by atoms with van der Waals surface area (Å²) in [5.74, 6) is -0.230. The summed E-state index contributed by atoms with van der Waals surface area (Å²) in [6, 6.07) is 34.3. The number of pyridine rings is 1. The summed E-state index contributed by atoms with van der Waals surface area (Å²) in [5.41, 5.74) is 1.79. The van der Waals surface area contributed by atoms with Crippen LogP contribution in [-0.4, -0.2) is 49.1 Å². The average Bonchev–Trinajstić information content (AvgIpc) is 3.08. The van der Waals surface area contributed by atoms with E-state index in [9.17, 15) is 5.26 Å². The lowest BCUT2D eigenvalue weighted by atomic mass is 9.64. The Kier molecular flexibility index (Phi) is 8.93. The van der Waals surface area contributed by atoms with E-state index in [1.54, 1.807) is 19.5 Å². The van der Waals surface area contributed by atoms with Crippen molar-refractivity contribution in [1.82, 2.24) is 9.88 Å². The summed E-state index contributed by atoms with van der Waals surface area (Å²) < 4.78 is 5.89. The summed E-state index contributed by atoms with van der Waals surface area (Å²) >= 11 is 13.0. The molecule has 4 aromatic carbocycles. The maximum atomic E-state index is 15.1. The maximum absolute atomic E-state index is 15.1. The highest BCUT2D eigenvalue weighted by Gasteiger charge is 2.51.